The van der Waals surface area contributed by atoms with Gasteiger partial charge in [0.15, 0.2) is 0 Å². The molecule has 0 amide bonds. The molecule has 0 bridgehead atoms. The van der Waals surface area contributed by atoms with E-state index in [1.54, 1.807) is 0 Å². The summed E-state index contributed by atoms with van der Waals surface area (Å²) < 4.78 is 0. The normalized spacial score (nSPS) is 13.3. The molecule has 1 unspecified atom stereocenters. The fourth-order valence-electron chi connectivity index (χ4n) is 2.05. The molecule has 0 aromatic carbocycles. The minimum atomic E-state index is -0.697. The highest BCUT2D eigenvalue weighted by atomic mass is 16.4. The van der Waals surface area contributed by atoms with Crippen LogP contribution in [-0.4, -0.2) is 35.1 Å². The second-order valence-electron chi connectivity index (χ2n) is 5.15. The number of hydrogen-bond acceptors (Lipinski definition) is 2. The standard InChI is InChI=1S/C14H29NO2/c1-5-7-8-13(6-2)11-15(12(3)4)10-9-14(16)17/h12-13H,5-11H2,1-4H3,(H,16,17). The van der Waals surface area contributed by atoms with Crippen LogP contribution in [0.25, 0.3) is 0 Å². The highest BCUT2D eigenvalue weighted by molar-refractivity contribution is 5.66. The molecule has 0 aliphatic carbocycles. The Hall–Kier alpha value is -0.570. The van der Waals surface area contributed by atoms with Gasteiger partial charge in [-0.15, -0.1) is 0 Å². The first-order chi connectivity index (χ1) is 8.01. The molecule has 3 nitrogen and oxygen atoms in total. The summed E-state index contributed by atoms with van der Waals surface area (Å²) in [5, 5.41) is 8.75. The largest absolute Gasteiger partial charge is 0.481 e. The summed E-state index contributed by atoms with van der Waals surface area (Å²) in [6.45, 7) is 10.5. The highest BCUT2D eigenvalue weighted by Crippen LogP contribution is 2.16. The average molecular weight is 243 g/mol. The Morgan fingerprint density at radius 1 is 1.29 bits per heavy atom. The minimum absolute atomic E-state index is 0.252. The lowest BCUT2D eigenvalue weighted by molar-refractivity contribution is -0.137. The number of carbonyl (C=O) groups is 1. The van der Waals surface area contributed by atoms with E-state index in [1.165, 1.54) is 25.7 Å². The van der Waals surface area contributed by atoms with Gasteiger partial charge in [0.2, 0.25) is 0 Å². The van der Waals surface area contributed by atoms with Crippen molar-refractivity contribution in [2.24, 2.45) is 5.92 Å². The molecule has 0 aromatic heterocycles. The van der Waals surface area contributed by atoms with Crippen molar-refractivity contribution in [2.75, 3.05) is 13.1 Å². The molecule has 0 heterocycles. The molecule has 0 aromatic rings. The monoisotopic (exact) mass is 243 g/mol. The Labute approximate surface area is 106 Å². The third-order valence-electron chi connectivity index (χ3n) is 3.38. The summed E-state index contributed by atoms with van der Waals surface area (Å²) in [5.41, 5.74) is 0. The third kappa shape index (κ3) is 8.19. The molecule has 0 saturated carbocycles. The quantitative estimate of drug-likeness (QED) is 0.639. The van der Waals surface area contributed by atoms with Crippen molar-refractivity contribution in [1.29, 1.82) is 0 Å². The Bertz CT molecular complexity index is 204. The highest BCUT2D eigenvalue weighted by Gasteiger charge is 2.16. The van der Waals surface area contributed by atoms with Gasteiger partial charge < -0.3 is 10.0 Å². The van der Waals surface area contributed by atoms with Crippen LogP contribution in [-0.2, 0) is 4.79 Å². The number of carboxylic acid groups (broad SMARTS) is 1. The molecule has 0 fully saturated rings. The van der Waals surface area contributed by atoms with Gasteiger partial charge in [0, 0.05) is 19.1 Å². The van der Waals surface area contributed by atoms with Crippen LogP contribution in [0.4, 0.5) is 0 Å². The van der Waals surface area contributed by atoms with Gasteiger partial charge in [0.05, 0.1) is 6.42 Å². The Balaban J connectivity index is 4.14. The van der Waals surface area contributed by atoms with Gasteiger partial charge in [-0.3, -0.25) is 4.79 Å². The number of rotatable bonds is 10. The average Bonchev–Trinajstić information content (AvgIpc) is 2.27. The molecular weight excluding hydrogens is 214 g/mol. The maximum absolute atomic E-state index is 10.6. The van der Waals surface area contributed by atoms with Crippen LogP contribution in [0.2, 0.25) is 0 Å². The summed E-state index contributed by atoms with van der Waals surface area (Å²) in [4.78, 5) is 12.9. The SMILES string of the molecule is CCCCC(CC)CN(CCC(=O)O)C(C)C. The van der Waals surface area contributed by atoms with Crippen molar-refractivity contribution in [3.05, 3.63) is 0 Å². The first-order valence-electron chi connectivity index (χ1n) is 6.97. The molecule has 0 aliphatic rings. The summed E-state index contributed by atoms with van der Waals surface area (Å²) in [6, 6.07) is 0.435. The van der Waals surface area contributed by atoms with Crippen molar-refractivity contribution in [2.45, 2.75) is 65.8 Å². The van der Waals surface area contributed by atoms with E-state index in [-0.39, 0.29) is 6.42 Å². The molecule has 1 N–H and O–H groups in total. The molecule has 3 heteroatoms. The summed E-state index contributed by atoms with van der Waals surface area (Å²) >= 11 is 0. The molecule has 0 radical (unpaired) electrons. The predicted octanol–water partition coefficient (Wildman–Crippen LogP) is 3.39. The molecule has 1 atom stereocenters. The molecular formula is C14H29NO2. The Kier molecular flexibility index (Phi) is 9.14. The number of aliphatic carboxylic acids is 1. The summed E-state index contributed by atoms with van der Waals surface area (Å²) in [7, 11) is 0. The van der Waals surface area contributed by atoms with Gasteiger partial charge in [0.25, 0.3) is 0 Å². The first-order valence-corrected chi connectivity index (χ1v) is 6.97. The van der Waals surface area contributed by atoms with Crippen LogP contribution >= 0.6 is 0 Å². The smallest absolute Gasteiger partial charge is 0.304 e. The van der Waals surface area contributed by atoms with Crippen LogP contribution in [0.1, 0.15) is 59.8 Å². The van der Waals surface area contributed by atoms with Crippen LogP contribution in [0.5, 0.6) is 0 Å². The lowest BCUT2D eigenvalue weighted by Crippen LogP contribution is -2.37. The van der Waals surface area contributed by atoms with Gasteiger partial charge in [-0.25, -0.2) is 0 Å². The van der Waals surface area contributed by atoms with Crippen molar-refractivity contribution in [1.82, 2.24) is 4.90 Å². The summed E-state index contributed by atoms with van der Waals surface area (Å²) in [6.07, 6.45) is 5.23. The van der Waals surface area contributed by atoms with E-state index in [4.69, 9.17) is 5.11 Å². The van der Waals surface area contributed by atoms with Gasteiger partial charge in [0.1, 0.15) is 0 Å². The van der Waals surface area contributed by atoms with Gasteiger partial charge in [-0.1, -0.05) is 33.1 Å². The molecule has 0 rings (SSSR count). The van der Waals surface area contributed by atoms with E-state index in [2.05, 4.69) is 32.6 Å². The zero-order chi connectivity index (χ0) is 13.3. The minimum Gasteiger partial charge on any atom is -0.481 e. The zero-order valence-electron chi connectivity index (χ0n) is 11.9. The van der Waals surface area contributed by atoms with Crippen molar-refractivity contribution >= 4 is 5.97 Å². The first kappa shape index (κ1) is 16.4. The van der Waals surface area contributed by atoms with Gasteiger partial charge >= 0.3 is 5.97 Å². The lowest BCUT2D eigenvalue weighted by atomic mass is 9.98. The predicted molar refractivity (Wildman–Crippen MR) is 72.3 cm³/mol. The maximum Gasteiger partial charge on any atom is 0.304 e. The van der Waals surface area contributed by atoms with Crippen LogP contribution in [0, 0.1) is 5.92 Å². The second-order valence-corrected chi connectivity index (χ2v) is 5.15. The molecule has 102 valence electrons. The van der Waals surface area contributed by atoms with Crippen molar-refractivity contribution < 1.29 is 9.90 Å². The molecule has 0 saturated heterocycles. The number of carboxylic acids is 1. The van der Waals surface area contributed by atoms with E-state index < -0.39 is 5.97 Å². The number of unbranched alkanes of at least 4 members (excludes halogenated alkanes) is 1. The summed E-state index contributed by atoms with van der Waals surface area (Å²) in [5.74, 6) is 0.0170. The topological polar surface area (TPSA) is 40.5 Å². The molecule has 0 spiro atoms. The second kappa shape index (κ2) is 9.46. The lowest BCUT2D eigenvalue weighted by Gasteiger charge is -2.30. The van der Waals surface area contributed by atoms with Gasteiger partial charge in [-0.05, 0) is 26.2 Å². The van der Waals surface area contributed by atoms with E-state index in [0.29, 0.717) is 18.5 Å². The van der Waals surface area contributed by atoms with Crippen LogP contribution < -0.4 is 0 Å². The van der Waals surface area contributed by atoms with E-state index in [1.807, 2.05) is 0 Å². The maximum atomic E-state index is 10.6. The number of nitrogens with zero attached hydrogens (tertiary/aromatic N) is 1. The molecule has 17 heavy (non-hydrogen) atoms. The number of hydrogen-bond donors (Lipinski definition) is 1. The van der Waals surface area contributed by atoms with Crippen LogP contribution in [0.15, 0.2) is 0 Å². The van der Waals surface area contributed by atoms with Crippen LogP contribution in [0.3, 0.4) is 0 Å². The Morgan fingerprint density at radius 3 is 2.35 bits per heavy atom. The fourth-order valence-corrected chi connectivity index (χ4v) is 2.05. The van der Waals surface area contributed by atoms with E-state index >= 15 is 0 Å². The third-order valence-corrected chi connectivity index (χ3v) is 3.38. The van der Waals surface area contributed by atoms with Crippen molar-refractivity contribution in [3.63, 3.8) is 0 Å². The van der Waals surface area contributed by atoms with E-state index in [9.17, 15) is 4.79 Å². The van der Waals surface area contributed by atoms with Crippen molar-refractivity contribution in [3.8, 4) is 0 Å². The molecule has 0 aliphatic heterocycles. The van der Waals surface area contributed by atoms with Gasteiger partial charge in [-0.2, -0.15) is 0 Å². The zero-order valence-corrected chi connectivity index (χ0v) is 11.9. The Morgan fingerprint density at radius 2 is 1.94 bits per heavy atom. The fraction of sp³-hybridized carbons (Fsp3) is 0.929. The van der Waals surface area contributed by atoms with E-state index in [0.717, 1.165) is 6.54 Å².